The Bertz CT molecular complexity index is 1290. The molecule has 10 heteroatoms. The molecule has 0 saturated carbocycles. The topological polar surface area (TPSA) is 86.8 Å². The third-order valence-corrected chi connectivity index (χ3v) is 7.49. The molecule has 0 saturated heterocycles. The molecule has 0 aromatic heterocycles. The van der Waals surface area contributed by atoms with Gasteiger partial charge in [-0.25, -0.2) is 12.8 Å². The number of halogens is 2. The number of amides is 2. The van der Waals surface area contributed by atoms with Gasteiger partial charge in [-0.2, -0.15) is 0 Å². The molecule has 0 heterocycles. The number of sulfonamides is 1. The minimum atomic E-state index is -4.23. The van der Waals surface area contributed by atoms with Crippen LogP contribution in [0.15, 0.2) is 83.8 Å². The number of rotatable bonds is 9. The van der Waals surface area contributed by atoms with E-state index in [0.717, 1.165) is 22.0 Å². The zero-order valence-electron chi connectivity index (χ0n) is 19.2. The van der Waals surface area contributed by atoms with Gasteiger partial charge in [0.1, 0.15) is 18.4 Å². The van der Waals surface area contributed by atoms with E-state index >= 15 is 0 Å². The van der Waals surface area contributed by atoms with Crippen LogP contribution in [0.1, 0.15) is 12.5 Å². The second-order valence-corrected chi connectivity index (χ2v) is 9.99. The molecule has 0 aliphatic rings. The van der Waals surface area contributed by atoms with Crippen LogP contribution in [0.3, 0.4) is 0 Å². The van der Waals surface area contributed by atoms with Gasteiger partial charge in [0.2, 0.25) is 11.8 Å². The number of hydrogen-bond donors (Lipinski definition) is 1. The molecule has 1 atom stereocenters. The Kier molecular flexibility index (Phi) is 8.48. The maximum Gasteiger partial charge on any atom is 0.264 e. The molecular weight excluding hydrogens is 493 g/mol. The fourth-order valence-corrected chi connectivity index (χ4v) is 5.06. The molecule has 0 spiro atoms. The van der Waals surface area contributed by atoms with Crippen LogP contribution in [-0.2, 0) is 26.2 Å². The van der Waals surface area contributed by atoms with Gasteiger partial charge < -0.3 is 10.2 Å². The van der Waals surface area contributed by atoms with Crippen molar-refractivity contribution in [2.75, 3.05) is 17.9 Å². The van der Waals surface area contributed by atoms with Crippen molar-refractivity contribution in [1.82, 2.24) is 10.2 Å². The van der Waals surface area contributed by atoms with E-state index in [1.165, 1.54) is 30.1 Å². The zero-order chi connectivity index (χ0) is 25.6. The number of carbonyl (C=O) groups excluding carboxylic acids is 2. The molecule has 0 radical (unpaired) electrons. The number of likely N-dealkylation sites (N-methyl/N-ethyl adjacent to an activating group) is 1. The number of nitrogens with zero attached hydrogens (tertiary/aromatic N) is 2. The first-order chi connectivity index (χ1) is 16.6. The number of benzene rings is 3. The first kappa shape index (κ1) is 26.2. The molecule has 0 fully saturated rings. The Morgan fingerprint density at radius 2 is 1.60 bits per heavy atom. The number of hydrogen-bond acceptors (Lipinski definition) is 4. The molecule has 1 N–H and O–H groups in total. The van der Waals surface area contributed by atoms with E-state index < -0.39 is 40.2 Å². The summed E-state index contributed by atoms with van der Waals surface area (Å²) in [6.45, 7) is 1.01. The van der Waals surface area contributed by atoms with E-state index in [0.29, 0.717) is 0 Å². The molecule has 35 heavy (non-hydrogen) atoms. The molecule has 0 aliphatic carbocycles. The summed E-state index contributed by atoms with van der Waals surface area (Å²) in [5, 5.41) is 2.23. The molecule has 184 valence electrons. The molecule has 1 unspecified atom stereocenters. The minimum absolute atomic E-state index is 0.0147. The smallest absolute Gasteiger partial charge is 0.264 e. The Balaban J connectivity index is 2.04. The van der Waals surface area contributed by atoms with E-state index in [2.05, 4.69) is 5.32 Å². The Hall–Kier alpha value is -3.43. The molecule has 3 rings (SSSR count). The van der Waals surface area contributed by atoms with Gasteiger partial charge in [0.05, 0.1) is 15.6 Å². The maximum absolute atomic E-state index is 13.8. The minimum Gasteiger partial charge on any atom is -0.357 e. The van der Waals surface area contributed by atoms with Crippen LogP contribution in [0.5, 0.6) is 0 Å². The lowest BCUT2D eigenvalue weighted by Gasteiger charge is -2.31. The van der Waals surface area contributed by atoms with Gasteiger partial charge in [-0.15, -0.1) is 0 Å². The highest BCUT2D eigenvalue weighted by Crippen LogP contribution is 2.28. The second kappa shape index (κ2) is 11.3. The highest BCUT2D eigenvalue weighted by molar-refractivity contribution is 7.92. The summed E-state index contributed by atoms with van der Waals surface area (Å²) in [6.07, 6.45) is 0. The predicted octanol–water partition coefficient (Wildman–Crippen LogP) is 3.84. The fraction of sp³-hybridized carbons (Fsp3) is 0.200. The van der Waals surface area contributed by atoms with E-state index in [4.69, 9.17) is 11.6 Å². The lowest BCUT2D eigenvalue weighted by Crippen LogP contribution is -2.50. The van der Waals surface area contributed by atoms with Crippen molar-refractivity contribution in [2.45, 2.75) is 24.4 Å². The Labute approximate surface area is 209 Å². The predicted molar refractivity (Wildman–Crippen MR) is 133 cm³/mol. The summed E-state index contributed by atoms with van der Waals surface area (Å²) in [5.41, 5.74) is 0.778. The van der Waals surface area contributed by atoms with Gasteiger partial charge in [0, 0.05) is 13.6 Å². The van der Waals surface area contributed by atoms with Gasteiger partial charge >= 0.3 is 0 Å². The van der Waals surface area contributed by atoms with Gasteiger partial charge in [0.25, 0.3) is 10.0 Å². The van der Waals surface area contributed by atoms with Gasteiger partial charge in [-0.3, -0.25) is 13.9 Å². The first-order valence-corrected chi connectivity index (χ1v) is 12.5. The standard InChI is InChI=1S/C25H25ClFN3O4S/c1-18(25(32)28-2)29(16-19-9-5-3-6-10-19)24(31)17-30(20-13-14-23(27)22(26)15-20)35(33,34)21-11-7-4-8-12-21/h3-15,18H,16-17H2,1-2H3,(H,28,32). The van der Waals surface area contributed by atoms with Crippen molar-refractivity contribution < 1.29 is 22.4 Å². The monoisotopic (exact) mass is 517 g/mol. The van der Waals surface area contributed by atoms with Crippen LogP contribution >= 0.6 is 11.6 Å². The Morgan fingerprint density at radius 3 is 2.17 bits per heavy atom. The van der Waals surface area contributed by atoms with Crippen molar-refractivity contribution >= 4 is 39.1 Å². The number of carbonyl (C=O) groups is 2. The molecule has 0 aliphatic heterocycles. The van der Waals surface area contributed by atoms with Crippen LogP contribution in [-0.4, -0.2) is 44.8 Å². The van der Waals surface area contributed by atoms with Crippen molar-refractivity contribution in [3.05, 3.63) is 95.3 Å². The van der Waals surface area contributed by atoms with E-state index in [1.807, 2.05) is 6.07 Å². The quantitative estimate of drug-likeness (QED) is 0.467. The highest BCUT2D eigenvalue weighted by atomic mass is 35.5. The largest absolute Gasteiger partial charge is 0.357 e. The van der Waals surface area contributed by atoms with E-state index in [1.54, 1.807) is 49.4 Å². The summed E-state index contributed by atoms with van der Waals surface area (Å²) in [4.78, 5) is 27.2. The maximum atomic E-state index is 13.8. The third kappa shape index (κ3) is 6.17. The van der Waals surface area contributed by atoms with Crippen LogP contribution < -0.4 is 9.62 Å². The normalized spacial score (nSPS) is 12.0. The summed E-state index contributed by atoms with van der Waals surface area (Å²) < 4.78 is 41.8. The lowest BCUT2D eigenvalue weighted by atomic mass is 10.1. The van der Waals surface area contributed by atoms with Crippen LogP contribution in [0.4, 0.5) is 10.1 Å². The first-order valence-electron chi connectivity index (χ1n) is 10.7. The average Bonchev–Trinajstić information content (AvgIpc) is 2.87. The molecule has 2 amide bonds. The lowest BCUT2D eigenvalue weighted by molar-refractivity contribution is -0.139. The molecule has 0 bridgehead atoms. The van der Waals surface area contributed by atoms with Crippen molar-refractivity contribution in [3.63, 3.8) is 0 Å². The molecule has 7 nitrogen and oxygen atoms in total. The van der Waals surface area contributed by atoms with Crippen molar-refractivity contribution in [2.24, 2.45) is 0 Å². The van der Waals surface area contributed by atoms with Crippen LogP contribution in [0.25, 0.3) is 0 Å². The molecule has 3 aromatic carbocycles. The van der Waals surface area contributed by atoms with Crippen LogP contribution in [0, 0.1) is 5.82 Å². The van der Waals surface area contributed by atoms with Gasteiger partial charge in [-0.05, 0) is 42.8 Å². The average molecular weight is 518 g/mol. The van der Waals surface area contributed by atoms with E-state index in [-0.39, 0.29) is 22.2 Å². The summed E-state index contributed by atoms with van der Waals surface area (Å²) in [5.74, 6) is -1.75. The van der Waals surface area contributed by atoms with Crippen molar-refractivity contribution in [3.8, 4) is 0 Å². The zero-order valence-corrected chi connectivity index (χ0v) is 20.8. The number of nitrogens with one attached hydrogen (secondary N) is 1. The summed E-state index contributed by atoms with van der Waals surface area (Å²) >= 11 is 5.93. The van der Waals surface area contributed by atoms with Crippen LogP contribution in [0.2, 0.25) is 5.02 Å². The fourth-order valence-electron chi connectivity index (χ4n) is 3.46. The van der Waals surface area contributed by atoms with Gasteiger partial charge in [-0.1, -0.05) is 60.1 Å². The molecule has 3 aromatic rings. The SMILES string of the molecule is CNC(=O)C(C)N(Cc1ccccc1)C(=O)CN(c1ccc(F)c(Cl)c1)S(=O)(=O)c1ccccc1. The summed E-state index contributed by atoms with van der Waals surface area (Å²) in [7, 11) is -2.78. The third-order valence-electron chi connectivity index (χ3n) is 5.41. The number of anilines is 1. The van der Waals surface area contributed by atoms with Crippen molar-refractivity contribution in [1.29, 1.82) is 0 Å². The summed E-state index contributed by atoms with van der Waals surface area (Å²) in [6, 6.07) is 19.1. The second-order valence-electron chi connectivity index (χ2n) is 7.72. The molecular formula is C25H25ClFN3O4S. The van der Waals surface area contributed by atoms with Gasteiger partial charge in [0.15, 0.2) is 0 Å². The van der Waals surface area contributed by atoms with E-state index in [9.17, 15) is 22.4 Å². The highest BCUT2D eigenvalue weighted by Gasteiger charge is 2.32. The Morgan fingerprint density at radius 1 is 1.00 bits per heavy atom.